The van der Waals surface area contributed by atoms with Gasteiger partial charge in [-0.15, -0.1) is 0 Å². The Morgan fingerprint density at radius 3 is 2.12 bits per heavy atom. The van der Waals surface area contributed by atoms with E-state index in [1.54, 1.807) is 20.8 Å². The maximum Gasteiger partial charge on any atom is 0.408 e. The second kappa shape index (κ2) is 11.5. The van der Waals surface area contributed by atoms with Crippen molar-refractivity contribution in [2.24, 2.45) is 0 Å². The van der Waals surface area contributed by atoms with E-state index in [9.17, 15) is 14.4 Å². The summed E-state index contributed by atoms with van der Waals surface area (Å²) in [4.78, 5) is 40.2. The molecule has 0 aliphatic rings. The molecule has 2 rings (SSSR count). The normalized spacial score (nSPS) is 12.1. The smallest absolute Gasteiger partial charge is 0.408 e. The highest BCUT2D eigenvalue weighted by molar-refractivity contribution is 5.90. The molecule has 1 unspecified atom stereocenters. The van der Waals surface area contributed by atoms with Crippen molar-refractivity contribution in [2.75, 3.05) is 6.54 Å². The largest absolute Gasteiger partial charge is 0.444 e. The van der Waals surface area contributed by atoms with Crippen LogP contribution in [-0.2, 0) is 20.9 Å². The number of benzene rings is 2. The Hall–Kier alpha value is -3.35. The van der Waals surface area contributed by atoms with Crippen LogP contribution in [-0.4, -0.2) is 41.0 Å². The minimum Gasteiger partial charge on any atom is -0.444 e. The molecule has 0 heterocycles. The van der Waals surface area contributed by atoms with Crippen LogP contribution in [0.2, 0.25) is 0 Å². The quantitative estimate of drug-likeness (QED) is 0.630. The molecule has 0 saturated carbocycles. The van der Waals surface area contributed by atoms with E-state index in [1.165, 1.54) is 4.90 Å². The van der Waals surface area contributed by atoms with Gasteiger partial charge in [0.2, 0.25) is 11.8 Å². The van der Waals surface area contributed by atoms with Crippen molar-refractivity contribution in [2.45, 2.75) is 65.8 Å². The summed E-state index contributed by atoms with van der Waals surface area (Å²) >= 11 is 0. The average Bonchev–Trinajstić information content (AvgIpc) is 2.74. The number of nitrogens with zero attached hydrogens (tertiary/aromatic N) is 1. The maximum absolute atomic E-state index is 13.4. The molecule has 2 aromatic rings. The molecule has 7 heteroatoms. The predicted octanol–water partition coefficient (Wildman–Crippen LogP) is 4.11. The number of alkyl carbamates (subject to hydrolysis) is 1. The van der Waals surface area contributed by atoms with Crippen LogP contribution in [0.1, 0.15) is 57.4 Å². The first-order valence-corrected chi connectivity index (χ1v) is 11.1. The molecule has 3 amide bonds. The molecule has 0 spiro atoms. The Morgan fingerprint density at radius 2 is 1.55 bits per heavy atom. The van der Waals surface area contributed by atoms with E-state index in [2.05, 4.69) is 10.6 Å². The van der Waals surface area contributed by atoms with Gasteiger partial charge in [0.15, 0.2) is 0 Å². The zero-order valence-electron chi connectivity index (χ0n) is 20.3. The van der Waals surface area contributed by atoms with Crippen LogP contribution in [0.25, 0.3) is 0 Å². The van der Waals surface area contributed by atoms with Gasteiger partial charge in [-0.1, -0.05) is 54.6 Å². The third-order valence-corrected chi connectivity index (χ3v) is 4.95. The predicted molar refractivity (Wildman–Crippen MR) is 128 cm³/mol. The van der Waals surface area contributed by atoms with Crippen LogP contribution < -0.4 is 10.6 Å². The van der Waals surface area contributed by atoms with Gasteiger partial charge in [0, 0.05) is 12.6 Å². The molecular weight excluding hydrogens is 418 g/mol. The monoisotopic (exact) mass is 453 g/mol. The highest BCUT2D eigenvalue weighted by atomic mass is 16.6. The Morgan fingerprint density at radius 1 is 0.939 bits per heavy atom. The van der Waals surface area contributed by atoms with Gasteiger partial charge in [-0.3, -0.25) is 9.59 Å². The Balaban J connectivity index is 2.27. The highest BCUT2D eigenvalue weighted by Crippen LogP contribution is 2.26. The molecule has 0 saturated heterocycles. The van der Waals surface area contributed by atoms with Crippen LogP contribution in [0.4, 0.5) is 4.79 Å². The fourth-order valence-corrected chi connectivity index (χ4v) is 3.48. The van der Waals surface area contributed by atoms with Crippen molar-refractivity contribution < 1.29 is 19.1 Å². The second-order valence-electron chi connectivity index (χ2n) is 9.21. The fraction of sp³-hybridized carbons (Fsp3) is 0.423. The van der Waals surface area contributed by atoms with Gasteiger partial charge in [-0.2, -0.15) is 0 Å². The lowest BCUT2D eigenvalue weighted by molar-refractivity contribution is -0.142. The van der Waals surface area contributed by atoms with E-state index in [0.717, 1.165) is 16.7 Å². The van der Waals surface area contributed by atoms with Crippen LogP contribution >= 0.6 is 0 Å². The van der Waals surface area contributed by atoms with Crippen molar-refractivity contribution in [3.63, 3.8) is 0 Å². The summed E-state index contributed by atoms with van der Waals surface area (Å²) in [6, 6.07) is 16.0. The molecule has 0 fully saturated rings. The third kappa shape index (κ3) is 7.93. The molecule has 0 aliphatic carbocycles. The first-order chi connectivity index (χ1) is 15.5. The van der Waals surface area contributed by atoms with E-state index >= 15 is 0 Å². The Labute approximate surface area is 196 Å². The number of hydrogen-bond acceptors (Lipinski definition) is 4. The standard InChI is InChI=1S/C26H35N3O4/c1-18(2)29(22(30)17-28-25(32)33-26(4,5)6)23(21-15-11-10-12-19(21)3)24(31)27-16-20-13-8-7-9-14-20/h7-15,18,23H,16-17H2,1-6H3,(H,27,31)(H,28,32). The van der Waals surface area contributed by atoms with E-state index < -0.39 is 17.7 Å². The Kier molecular flexibility index (Phi) is 9.02. The van der Waals surface area contributed by atoms with Crippen LogP contribution in [0.15, 0.2) is 54.6 Å². The molecule has 0 aromatic heterocycles. The number of rotatable bonds is 8. The summed E-state index contributed by atoms with van der Waals surface area (Å²) in [6.45, 7) is 10.9. The van der Waals surface area contributed by atoms with E-state index in [1.807, 2.05) is 75.4 Å². The Bertz CT molecular complexity index is 952. The van der Waals surface area contributed by atoms with Crippen molar-refractivity contribution in [1.29, 1.82) is 0 Å². The summed E-state index contributed by atoms with van der Waals surface area (Å²) in [5, 5.41) is 5.47. The minimum absolute atomic E-state index is 0.276. The molecule has 33 heavy (non-hydrogen) atoms. The summed E-state index contributed by atoms with van der Waals surface area (Å²) in [6.07, 6.45) is -0.680. The lowest BCUT2D eigenvalue weighted by Crippen LogP contribution is -2.50. The molecule has 0 radical (unpaired) electrons. The van der Waals surface area contributed by atoms with Gasteiger partial charge in [0.25, 0.3) is 0 Å². The molecule has 0 bridgehead atoms. The molecule has 7 nitrogen and oxygen atoms in total. The molecule has 0 aliphatic heterocycles. The third-order valence-electron chi connectivity index (χ3n) is 4.95. The van der Waals surface area contributed by atoms with Gasteiger partial charge in [-0.05, 0) is 58.2 Å². The number of nitrogens with one attached hydrogen (secondary N) is 2. The number of aryl methyl sites for hydroxylation is 1. The van der Waals surface area contributed by atoms with Crippen molar-refractivity contribution in [3.05, 3.63) is 71.3 Å². The van der Waals surface area contributed by atoms with Crippen molar-refractivity contribution in [3.8, 4) is 0 Å². The summed E-state index contributed by atoms with van der Waals surface area (Å²) < 4.78 is 5.23. The zero-order chi connectivity index (χ0) is 24.6. The average molecular weight is 454 g/mol. The van der Waals surface area contributed by atoms with Crippen LogP contribution in [0.5, 0.6) is 0 Å². The lowest BCUT2D eigenvalue weighted by Gasteiger charge is -2.35. The van der Waals surface area contributed by atoms with Crippen LogP contribution in [0.3, 0.4) is 0 Å². The van der Waals surface area contributed by atoms with Crippen molar-refractivity contribution >= 4 is 17.9 Å². The van der Waals surface area contributed by atoms with Gasteiger partial charge < -0.3 is 20.3 Å². The highest BCUT2D eigenvalue weighted by Gasteiger charge is 2.34. The second-order valence-corrected chi connectivity index (χ2v) is 9.21. The SMILES string of the molecule is Cc1ccccc1C(C(=O)NCc1ccccc1)N(C(=O)CNC(=O)OC(C)(C)C)C(C)C. The molecule has 2 N–H and O–H groups in total. The molecule has 178 valence electrons. The summed E-state index contributed by atoms with van der Waals surface area (Å²) in [7, 11) is 0. The number of hydrogen-bond donors (Lipinski definition) is 2. The minimum atomic E-state index is -0.845. The number of amides is 3. The van der Waals surface area contributed by atoms with E-state index in [-0.39, 0.29) is 24.4 Å². The number of carbonyl (C=O) groups excluding carboxylic acids is 3. The first kappa shape index (κ1) is 25.9. The zero-order valence-corrected chi connectivity index (χ0v) is 20.3. The van der Waals surface area contributed by atoms with Gasteiger partial charge in [-0.25, -0.2) is 4.79 Å². The van der Waals surface area contributed by atoms with E-state index in [0.29, 0.717) is 6.54 Å². The van der Waals surface area contributed by atoms with Gasteiger partial charge in [0.05, 0.1) is 0 Å². The number of ether oxygens (including phenoxy) is 1. The van der Waals surface area contributed by atoms with Crippen LogP contribution in [0, 0.1) is 6.92 Å². The first-order valence-electron chi connectivity index (χ1n) is 11.1. The van der Waals surface area contributed by atoms with E-state index in [4.69, 9.17) is 4.74 Å². The number of carbonyl (C=O) groups is 3. The molecule has 1 atom stereocenters. The molecule has 2 aromatic carbocycles. The van der Waals surface area contributed by atoms with Gasteiger partial charge in [0.1, 0.15) is 18.2 Å². The lowest BCUT2D eigenvalue weighted by atomic mass is 9.97. The summed E-state index contributed by atoms with van der Waals surface area (Å²) in [5.74, 6) is -0.661. The molecular formula is C26H35N3O4. The fourth-order valence-electron chi connectivity index (χ4n) is 3.48. The summed E-state index contributed by atoms with van der Waals surface area (Å²) in [5.41, 5.74) is 1.92. The van der Waals surface area contributed by atoms with Crippen molar-refractivity contribution in [1.82, 2.24) is 15.5 Å². The maximum atomic E-state index is 13.4. The van der Waals surface area contributed by atoms with Gasteiger partial charge >= 0.3 is 6.09 Å². The topological polar surface area (TPSA) is 87.7 Å².